The van der Waals surface area contributed by atoms with Crippen LogP contribution < -0.4 is 10.9 Å². The SMILES string of the molecule is O=C(Cc1ccc(Cl)cc1)NCCn1nc(-c2ccccc2)ccc1=O. The standard InChI is InChI=1S/C20H18ClN3O2/c21-17-8-6-15(7-9-17)14-19(25)22-12-13-24-20(26)11-10-18(23-24)16-4-2-1-3-5-16/h1-11H,12-14H2,(H,22,25). The molecule has 1 heterocycles. The number of nitrogens with one attached hydrogen (secondary N) is 1. The molecule has 1 aromatic heterocycles. The van der Waals surface area contributed by atoms with Gasteiger partial charge in [0, 0.05) is 23.2 Å². The maximum absolute atomic E-state index is 12.0. The first-order valence-electron chi connectivity index (χ1n) is 8.26. The van der Waals surface area contributed by atoms with E-state index in [9.17, 15) is 9.59 Å². The van der Waals surface area contributed by atoms with Gasteiger partial charge in [0.05, 0.1) is 18.7 Å². The number of aromatic nitrogens is 2. The molecule has 2 aromatic carbocycles. The minimum Gasteiger partial charge on any atom is -0.354 e. The van der Waals surface area contributed by atoms with Crippen LogP contribution in [0.4, 0.5) is 0 Å². The van der Waals surface area contributed by atoms with Crippen molar-refractivity contribution in [2.24, 2.45) is 0 Å². The molecule has 0 atom stereocenters. The lowest BCUT2D eigenvalue weighted by Crippen LogP contribution is -2.32. The molecule has 26 heavy (non-hydrogen) atoms. The Kier molecular flexibility index (Phi) is 5.81. The molecular weight excluding hydrogens is 350 g/mol. The minimum absolute atomic E-state index is 0.111. The molecule has 1 N–H and O–H groups in total. The van der Waals surface area contributed by atoms with Crippen LogP contribution in [-0.4, -0.2) is 22.2 Å². The number of amides is 1. The smallest absolute Gasteiger partial charge is 0.266 e. The van der Waals surface area contributed by atoms with Crippen LogP contribution in [0.1, 0.15) is 5.56 Å². The number of carbonyl (C=O) groups excluding carboxylic acids is 1. The molecule has 0 aliphatic rings. The van der Waals surface area contributed by atoms with E-state index in [2.05, 4.69) is 10.4 Å². The van der Waals surface area contributed by atoms with Crippen molar-refractivity contribution >= 4 is 17.5 Å². The predicted molar refractivity (Wildman–Crippen MR) is 102 cm³/mol. The van der Waals surface area contributed by atoms with Crippen LogP contribution in [0.5, 0.6) is 0 Å². The van der Waals surface area contributed by atoms with Gasteiger partial charge in [-0.25, -0.2) is 4.68 Å². The molecule has 1 amide bonds. The number of nitrogens with zero attached hydrogens (tertiary/aromatic N) is 2. The maximum atomic E-state index is 12.0. The van der Waals surface area contributed by atoms with Crippen molar-refractivity contribution in [3.05, 3.63) is 87.7 Å². The van der Waals surface area contributed by atoms with Crippen LogP contribution in [0, 0.1) is 0 Å². The lowest BCUT2D eigenvalue weighted by atomic mass is 10.1. The van der Waals surface area contributed by atoms with Gasteiger partial charge in [0.2, 0.25) is 5.91 Å². The Balaban J connectivity index is 1.58. The summed E-state index contributed by atoms with van der Waals surface area (Å²) in [5, 5.41) is 7.82. The summed E-state index contributed by atoms with van der Waals surface area (Å²) in [7, 11) is 0. The van der Waals surface area contributed by atoms with Gasteiger partial charge in [-0.1, -0.05) is 54.1 Å². The van der Waals surface area contributed by atoms with Gasteiger partial charge in [-0.05, 0) is 23.8 Å². The van der Waals surface area contributed by atoms with E-state index in [1.807, 2.05) is 42.5 Å². The fourth-order valence-electron chi connectivity index (χ4n) is 2.52. The molecule has 0 aliphatic carbocycles. The first-order valence-corrected chi connectivity index (χ1v) is 8.64. The van der Waals surface area contributed by atoms with Gasteiger partial charge < -0.3 is 5.32 Å². The van der Waals surface area contributed by atoms with Crippen molar-refractivity contribution in [1.29, 1.82) is 0 Å². The molecular formula is C20H18ClN3O2. The van der Waals surface area contributed by atoms with E-state index in [0.29, 0.717) is 18.1 Å². The Morgan fingerprint density at radius 2 is 1.73 bits per heavy atom. The Hall–Kier alpha value is -2.92. The van der Waals surface area contributed by atoms with Gasteiger partial charge in [0.25, 0.3) is 5.56 Å². The van der Waals surface area contributed by atoms with Crippen LogP contribution >= 0.6 is 11.6 Å². The summed E-state index contributed by atoms with van der Waals surface area (Å²) in [4.78, 5) is 24.0. The second kappa shape index (κ2) is 8.45. The molecule has 0 fully saturated rings. The molecule has 132 valence electrons. The van der Waals surface area contributed by atoms with E-state index >= 15 is 0 Å². The summed E-state index contributed by atoms with van der Waals surface area (Å²) in [5.41, 5.74) is 2.34. The average Bonchev–Trinajstić information content (AvgIpc) is 2.66. The molecule has 6 heteroatoms. The largest absolute Gasteiger partial charge is 0.354 e. The molecule has 3 rings (SSSR count). The normalized spacial score (nSPS) is 10.5. The number of rotatable bonds is 6. The summed E-state index contributed by atoms with van der Waals surface area (Å²) in [5.74, 6) is -0.111. The van der Waals surface area contributed by atoms with Crippen LogP contribution in [0.15, 0.2) is 71.5 Å². The fraction of sp³-hybridized carbons (Fsp3) is 0.150. The second-order valence-electron chi connectivity index (χ2n) is 5.80. The molecule has 5 nitrogen and oxygen atoms in total. The van der Waals surface area contributed by atoms with E-state index in [1.54, 1.807) is 18.2 Å². The lowest BCUT2D eigenvalue weighted by molar-refractivity contribution is -0.120. The zero-order valence-corrected chi connectivity index (χ0v) is 14.8. The van der Waals surface area contributed by atoms with E-state index < -0.39 is 0 Å². The molecule has 0 unspecified atom stereocenters. The van der Waals surface area contributed by atoms with Gasteiger partial charge in [-0.15, -0.1) is 0 Å². The quantitative estimate of drug-likeness (QED) is 0.728. The molecule has 0 spiro atoms. The third-order valence-electron chi connectivity index (χ3n) is 3.86. The van der Waals surface area contributed by atoms with Gasteiger partial charge in [0.1, 0.15) is 0 Å². The van der Waals surface area contributed by atoms with Crippen LogP contribution in [-0.2, 0) is 17.8 Å². The Bertz CT molecular complexity index is 937. The van der Waals surface area contributed by atoms with Gasteiger partial charge in [-0.2, -0.15) is 5.10 Å². The Morgan fingerprint density at radius 3 is 2.46 bits per heavy atom. The Labute approximate surface area is 156 Å². The van der Waals surface area contributed by atoms with E-state index in [1.165, 1.54) is 10.7 Å². The van der Waals surface area contributed by atoms with Gasteiger partial charge in [-0.3, -0.25) is 9.59 Å². The summed E-state index contributed by atoms with van der Waals surface area (Å²) in [6.07, 6.45) is 0.267. The number of hydrogen-bond donors (Lipinski definition) is 1. The van der Waals surface area contributed by atoms with Crippen LogP contribution in [0.3, 0.4) is 0 Å². The zero-order valence-electron chi connectivity index (χ0n) is 14.1. The van der Waals surface area contributed by atoms with Crippen LogP contribution in [0.2, 0.25) is 5.02 Å². The van der Waals surface area contributed by atoms with Crippen LogP contribution in [0.25, 0.3) is 11.3 Å². The average molecular weight is 368 g/mol. The van der Waals surface area contributed by atoms with Crippen molar-refractivity contribution in [3.63, 3.8) is 0 Å². The number of hydrogen-bond acceptors (Lipinski definition) is 3. The van der Waals surface area contributed by atoms with Crippen molar-refractivity contribution in [3.8, 4) is 11.3 Å². The summed E-state index contributed by atoms with van der Waals surface area (Å²) in [6, 6.07) is 20.0. The van der Waals surface area contributed by atoms with E-state index in [4.69, 9.17) is 11.6 Å². The summed E-state index contributed by atoms with van der Waals surface area (Å²) >= 11 is 5.83. The molecule has 0 bridgehead atoms. The highest BCUT2D eigenvalue weighted by atomic mass is 35.5. The maximum Gasteiger partial charge on any atom is 0.266 e. The molecule has 3 aromatic rings. The van der Waals surface area contributed by atoms with Crippen molar-refractivity contribution in [2.45, 2.75) is 13.0 Å². The number of carbonyl (C=O) groups is 1. The number of benzene rings is 2. The van der Waals surface area contributed by atoms with Crippen molar-refractivity contribution in [1.82, 2.24) is 15.1 Å². The predicted octanol–water partition coefficient (Wildman–Crippen LogP) is 2.92. The third kappa shape index (κ3) is 4.80. The molecule has 0 saturated heterocycles. The minimum atomic E-state index is -0.198. The van der Waals surface area contributed by atoms with Crippen molar-refractivity contribution in [2.75, 3.05) is 6.54 Å². The zero-order chi connectivity index (χ0) is 18.4. The first-order chi connectivity index (χ1) is 12.6. The summed E-state index contributed by atoms with van der Waals surface area (Å²) in [6.45, 7) is 0.642. The Morgan fingerprint density at radius 1 is 1.00 bits per heavy atom. The molecule has 0 radical (unpaired) electrons. The summed E-state index contributed by atoms with van der Waals surface area (Å²) < 4.78 is 1.37. The topological polar surface area (TPSA) is 64.0 Å². The van der Waals surface area contributed by atoms with Gasteiger partial charge >= 0.3 is 0 Å². The fourth-order valence-corrected chi connectivity index (χ4v) is 2.65. The van der Waals surface area contributed by atoms with E-state index in [-0.39, 0.29) is 17.9 Å². The van der Waals surface area contributed by atoms with Gasteiger partial charge in [0.15, 0.2) is 0 Å². The highest BCUT2D eigenvalue weighted by Crippen LogP contribution is 2.14. The second-order valence-corrected chi connectivity index (χ2v) is 6.24. The highest BCUT2D eigenvalue weighted by molar-refractivity contribution is 6.30. The number of halogens is 1. The highest BCUT2D eigenvalue weighted by Gasteiger charge is 2.06. The van der Waals surface area contributed by atoms with E-state index in [0.717, 1.165) is 16.8 Å². The molecule has 0 saturated carbocycles. The first kappa shape index (κ1) is 17.9. The lowest BCUT2D eigenvalue weighted by Gasteiger charge is -2.09. The third-order valence-corrected chi connectivity index (χ3v) is 4.11. The monoisotopic (exact) mass is 367 g/mol. The van der Waals surface area contributed by atoms with Crippen molar-refractivity contribution < 1.29 is 4.79 Å². The molecule has 0 aliphatic heterocycles.